The fourth-order valence-corrected chi connectivity index (χ4v) is 3.94. The molecule has 0 aliphatic heterocycles. The van der Waals surface area contributed by atoms with Gasteiger partial charge in [-0.3, -0.25) is 9.78 Å². The van der Waals surface area contributed by atoms with Crippen LogP contribution in [0.15, 0.2) is 22.9 Å². The van der Waals surface area contributed by atoms with Gasteiger partial charge in [-0.05, 0) is 40.6 Å². The topological polar surface area (TPSA) is 42.0 Å². The predicted octanol–water partition coefficient (Wildman–Crippen LogP) is 3.25. The molecule has 1 amide bonds. The largest absolute Gasteiger partial charge is 0.348 e. The lowest BCUT2D eigenvalue weighted by Gasteiger charge is -2.20. The van der Waals surface area contributed by atoms with E-state index in [0.29, 0.717) is 16.9 Å². The molecule has 0 spiro atoms. The van der Waals surface area contributed by atoms with E-state index in [4.69, 9.17) is 0 Å². The van der Waals surface area contributed by atoms with Crippen LogP contribution in [-0.2, 0) is 0 Å². The van der Waals surface area contributed by atoms with Gasteiger partial charge in [-0.2, -0.15) is 11.8 Å². The third kappa shape index (κ3) is 3.26. The van der Waals surface area contributed by atoms with Gasteiger partial charge in [0.15, 0.2) is 0 Å². The molecule has 2 atom stereocenters. The van der Waals surface area contributed by atoms with Crippen molar-refractivity contribution in [2.24, 2.45) is 0 Å². The van der Waals surface area contributed by atoms with E-state index >= 15 is 0 Å². The minimum Gasteiger partial charge on any atom is -0.348 e. The summed E-state index contributed by atoms with van der Waals surface area (Å²) in [6, 6.07) is 2.05. The SMILES string of the molecule is CCS[C@@H]1CCC[C@@H]1NC(=O)c1ccncc1Br. The Balaban J connectivity index is 2.01. The van der Waals surface area contributed by atoms with Crippen molar-refractivity contribution >= 4 is 33.6 Å². The number of rotatable bonds is 4. The average Bonchev–Trinajstić information content (AvgIpc) is 2.78. The van der Waals surface area contributed by atoms with E-state index in [9.17, 15) is 4.79 Å². The number of nitrogens with one attached hydrogen (secondary N) is 1. The maximum atomic E-state index is 12.2. The second-order valence-corrected chi connectivity index (χ2v) is 6.73. The number of hydrogen-bond acceptors (Lipinski definition) is 3. The van der Waals surface area contributed by atoms with Crippen molar-refractivity contribution in [1.82, 2.24) is 10.3 Å². The maximum absolute atomic E-state index is 12.2. The van der Waals surface area contributed by atoms with E-state index in [1.807, 2.05) is 11.8 Å². The molecule has 1 aromatic rings. The van der Waals surface area contributed by atoms with Crippen LogP contribution in [-0.4, -0.2) is 27.9 Å². The van der Waals surface area contributed by atoms with Crippen LogP contribution >= 0.6 is 27.7 Å². The first-order valence-corrected chi connectivity index (χ1v) is 8.08. The second kappa shape index (κ2) is 6.57. The van der Waals surface area contributed by atoms with E-state index < -0.39 is 0 Å². The van der Waals surface area contributed by atoms with E-state index in [0.717, 1.165) is 16.6 Å². The second-order valence-electron chi connectivity index (χ2n) is 4.36. The summed E-state index contributed by atoms with van der Waals surface area (Å²) in [6.45, 7) is 2.17. The molecular formula is C13H17BrN2OS. The normalized spacial score (nSPS) is 23.0. The van der Waals surface area contributed by atoms with Gasteiger partial charge in [0.2, 0.25) is 0 Å². The molecule has 0 saturated heterocycles. The highest BCUT2D eigenvalue weighted by Crippen LogP contribution is 2.30. The fourth-order valence-electron chi connectivity index (χ4n) is 2.31. The van der Waals surface area contributed by atoms with Crippen LogP contribution in [0.3, 0.4) is 0 Å². The third-order valence-corrected chi connectivity index (χ3v) is 5.12. The van der Waals surface area contributed by atoms with Gasteiger partial charge in [-0.1, -0.05) is 13.3 Å². The molecule has 1 aliphatic carbocycles. The van der Waals surface area contributed by atoms with Gasteiger partial charge in [0.1, 0.15) is 0 Å². The van der Waals surface area contributed by atoms with Crippen LogP contribution in [0.25, 0.3) is 0 Å². The van der Waals surface area contributed by atoms with Crippen LogP contribution < -0.4 is 5.32 Å². The summed E-state index contributed by atoms with van der Waals surface area (Å²) >= 11 is 5.31. The molecule has 3 nitrogen and oxygen atoms in total. The molecule has 1 aromatic heterocycles. The summed E-state index contributed by atoms with van der Waals surface area (Å²) in [5.74, 6) is 1.11. The zero-order valence-electron chi connectivity index (χ0n) is 10.4. The molecule has 1 saturated carbocycles. The molecular weight excluding hydrogens is 312 g/mol. The zero-order valence-corrected chi connectivity index (χ0v) is 12.8. The van der Waals surface area contributed by atoms with E-state index in [-0.39, 0.29) is 5.91 Å². The van der Waals surface area contributed by atoms with Crippen LogP contribution in [0.5, 0.6) is 0 Å². The maximum Gasteiger partial charge on any atom is 0.252 e. The Hall–Kier alpha value is -0.550. The van der Waals surface area contributed by atoms with Crippen LogP contribution in [0.2, 0.25) is 0 Å². The first-order valence-electron chi connectivity index (χ1n) is 6.24. The average molecular weight is 329 g/mol. The van der Waals surface area contributed by atoms with Crippen molar-refractivity contribution in [1.29, 1.82) is 0 Å². The molecule has 0 radical (unpaired) electrons. The number of amides is 1. The lowest BCUT2D eigenvalue weighted by Crippen LogP contribution is -2.38. The highest BCUT2D eigenvalue weighted by atomic mass is 79.9. The molecule has 98 valence electrons. The minimum absolute atomic E-state index is 0.00196. The van der Waals surface area contributed by atoms with Crippen LogP contribution in [0.4, 0.5) is 0 Å². The fraction of sp³-hybridized carbons (Fsp3) is 0.538. The molecule has 1 N–H and O–H groups in total. The van der Waals surface area contributed by atoms with Gasteiger partial charge >= 0.3 is 0 Å². The van der Waals surface area contributed by atoms with Crippen molar-refractivity contribution in [3.05, 3.63) is 28.5 Å². The summed E-state index contributed by atoms with van der Waals surface area (Å²) in [5, 5.41) is 3.72. The van der Waals surface area contributed by atoms with Crippen molar-refractivity contribution in [3.63, 3.8) is 0 Å². The standard InChI is InChI=1S/C13H17BrN2OS/c1-2-18-12-5-3-4-11(12)16-13(17)9-6-7-15-8-10(9)14/h6-8,11-12H,2-5H2,1H3,(H,16,17)/t11-,12+/m0/s1. The number of carbonyl (C=O) groups is 1. The smallest absolute Gasteiger partial charge is 0.252 e. The number of pyridine rings is 1. The van der Waals surface area contributed by atoms with Gasteiger partial charge in [0.05, 0.1) is 5.56 Å². The van der Waals surface area contributed by atoms with Gasteiger partial charge in [0.25, 0.3) is 5.91 Å². The third-order valence-electron chi connectivity index (χ3n) is 3.17. The lowest BCUT2D eigenvalue weighted by atomic mass is 10.2. The molecule has 5 heteroatoms. The van der Waals surface area contributed by atoms with E-state index in [1.54, 1.807) is 18.5 Å². The zero-order chi connectivity index (χ0) is 13.0. The van der Waals surface area contributed by atoms with Gasteiger partial charge < -0.3 is 5.32 Å². The van der Waals surface area contributed by atoms with Gasteiger partial charge in [0, 0.05) is 28.2 Å². The Morgan fingerprint density at radius 1 is 1.61 bits per heavy atom. The molecule has 2 rings (SSSR count). The van der Waals surface area contributed by atoms with Crippen molar-refractivity contribution in [2.45, 2.75) is 37.5 Å². The number of hydrogen-bond donors (Lipinski definition) is 1. The molecule has 0 aromatic carbocycles. The summed E-state index contributed by atoms with van der Waals surface area (Å²) in [4.78, 5) is 16.2. The predicted molar refractivity (Wildman–Crippen MR) is 79.0 cm³/mol. The van der Waals surface area contributed by atoms with Crippen molar-refractivity contribution in [2.75, 3.05) is 5.75 Å². The minimum atomic E-state index is -0.00196. The molecule has 18 heavy (non-hydrogen) atoms. The Bertz CT molecular complexity index is 427. The number of carbonyl (C=O) groups excluding carboxylic acids is 1. The Morgan fingerprint density at radius 3 is 3.17 bits per heavy atom. The number of halogens is 1. The van der Waals surface area contributed by atoms with E-state index in [2.05, 4.69) is 33.2 Å². The Kier molecular flexibility index (Phi) is 5.06. The quantitative estimate of drug-likeness (QED) is 0.922. The number of nitrogens with zero attached hydrogens (tertiary/aromatic N) is 1. The number of thioether (sulfide) groups is 1. The summed E-state index contributed by atoms with van der Waals surface area (Å²) in [7, 11) is 0. The molecule has 0 bridgehead atoms. The summed E-state index contributed by atoms with van der Waals surface area (Å²) < 4.78 is 0.750. The van der Waals surface area contributed by atoms with Crippen molar-refractivity contribution in [3.8, 4) is 0 Å². The Morgan fingerprint density at radius 2 is 2.44 bits per heavy atom. The molecule has 1 fully saturated rings. The lowest BCUT2D eigenvalue weighted by molar-refractivity contribution is 0.0938. The molecule has 0 unspecified atom stereocenters. The first kappa shape index (κ1) is 13.9. The molecule has 1 aliphatic rings. The summed E-state index contributed by atoms with van der Waals surface area (Å²) in [5.41, 5.74) is 0.664. The van der Waals surface area contributed by atoms with Crippen LogP contribution in [0.1, 0.15) is 36.5 Å². The van der Waals surface area contributed by atoms with Crippen molar-refractivity contribution < 1.29 is 4.79 Å². The monoisotopic (exact) mass is 328 g/mol. The highest BCUT2D eigenvalue weighted by molar-refractivity contribution is 9.10. The van der Waals surface area contributed by atoms with Gasteiger partial charge in [-0.25, -0.2) is 0 Å². The first-order chi connectivity index (χ1) is 8.72. The number of aromatic nitrogens is 1. The molecule has 1 heterocycles. The highest BCUT2D eigenvalue weighted by Gasteiger charge is 2.28. The van der Waals surface area contributed by atoms with Crippen LogP contribution in [0, 0.1) is 0 Å². The van der Waals surface area contributed by atoms with Gasteiger partial charge in [-0.15, -0.1) is 0 Å². The Labute approximate surface area is 120 Å². The van der Waals surface area contributed by atoms with E-state index in [1.165, 1.54) is 12.8 Å². The summed E-state index contributed by atoms with van der Waals surface area (Å²) in [6.07, 6.45) is 6.81.